The molecular weight excluding hydrogens is 244 g/mol. The highest BCUT2D eigenvalue weighted by Crippen LogP contribution is 2.16. The number of rotatable bonds is 7. The number of nitrogens with one attached hydrogen (secondary N) is 1. The van der Waals surface area contributed by atoms with Crippen LogP contribution < -0.4 is 15.8 Å². The van der Waals surface area contributed by atoms with E-state index in [-0.39, 0.29) is 12.5 Å². The van der Waals surface area contributed by atoms with Crippen molar-refractivity contribution < 1.29 is 14.3 Å². The predicted octanol–water partition coefficient (Wildman–Crippen LogP) is 1.78. The number of carbonyl (C=O) groups excluding carboxylic acids is 1. The van der Waals surface area contributed by atoms with Gasteiger partial charge >= 0.3 is 0 Å². The molecule has 1 aromatic rings. The number of hydrogen-bond acceptors (Lipinski definition) is 4. The van der Waals surface area contributed by atoms with Crippen molar-refractivity contribution in [2.45, 2.75) is 25.9 Å². The molecule has 0 fully saturated rings. The second-order valence-corrected chi connectivity index (χ2v) is 4.57. The van der Waals surface area contributed by atoms with E-state index in [2.05, 4.69) is 5.32 Å². The fraction of sp³-hybridized carbons (Fsp3) is 0.500. The minimum absolute atomic E-state index is 0.00638. The first-order valence-corrected chi connectivity index (χ1v) is 6.31. The summed E-state index contributed by atoms with van der Waals surface area (Å²) in [6.45, 7) is 4.26. The Bertz CT molecular complexity index is 400. The molecule has 0 aliphatic rings. The molecule has 0 aliphatic carbocycles. The Hall–Kier alpha value is -1.59. The van der Waals surface area contributed by atoms with E-state index in [0.717, 1.165) is 12.2 Å². The van der Waals surface area contributed by atoms with E-state index in [0.29, 0.717) is 12.2 Å². The summed E-state index contributed by atoms with van der Waals surface area (Å²) in [6.07, 6.45) is 0.763. The molecule has 1 rings (SSSR count). The Balaban J connectivity index is 2.46. The van der Waals surface area contributed by atoms with Crippen LogP contribution in [0.5, 0.6) is 5.75 Å². The highest BCUT2D eigenvalue weighted by atomic mass is 16.5. The van der Waals surface area contributed by atoms with Gasteiger partial charge in [-0.1, -0.05) is 6.92 Å². The van der Waals surface area contributed by atoms with Crippen LogP contribution >= 0.6 is 0 Å². The van der Waals surface area contributed by atoms with Crippen molar-refractivity contribution in [3.8, 4) is 5.75 Å². The summed E-state index contributed by atoms with van der Waals surface area (Å²) in [5.74, 6) is 0.550. The van der Waals surface area contributed by atoms with Crippen molar-refractivity contribution in [1.29, 1.82) is 0 Å². The average Bonchev–Trinajstić information content (AvgIpc) is 2.45. The second-order valence-electron chi connectivity index (χ2n) is 4.57. The quantitative estimate of drug-likeness (QED) is 0.789. The van der Waals surface area contributed by atoms with Gasteiger partial charge in [0, 0.05) is 12.2 Å². The summed E-state index contributed by atoms with van der Waals surface area (Å²) in [6, 6.07) is 7.12. The van der Waals surface area contributed by atoms with E-state index in [1.165, 1.54) is 0 Å². The maximum Gasteiger partial charge on any atom is 0.250 e. The molecule has 5 nitrogen and oxygen atoms in total. The van der Waals surface area contributed by atoms with E-state index in [1.54, 1.807) is 31.4 Å². The molecule has 19 heavy (non-hydrogen) atoms. The second kappa shape index (κ2) is 7.11. The summed E-state index contributed by atoms with van der Waals surface area (Å²) < 4.78 is 10.6. The van der Waals surface area contributed by atoms with Gasteiger partial charge < -0.3 is 20.5 Å². The van der Waals surface area contributed by atoms with E-state index in [1.807, 2.05) is 13.8 Å². The van der Waals surface area contributed by atoms with E-state index in [9.17, 15) is 4.79 Å². The van der Waals surface area contributed by atoms with Gasteiger partial charge in [0.2, 0.25) is 5.91 Å². The number of nitrogens with two attached hydrogens (primary N) is 1. The maximum absolute atomic E-state index is 11.7. The molecule has 0 spiro atoms. The Morgan fingerprint density at radius 3 is 2.47 bits per heavy atom. The lowest BCUT2D eigenvalue weighted by molar-refractivity contribution is -0.126. The monoisotopic (exact) mass is 266 g/mol. The Kier molecular flexibility index (Phi) is 5.79. The lowest BCUT2D eigenvalue weighted by Gasteiger charge is -2.26. The first kappa shape index (κ1) is 15.5. The molecule has 106 valence electrons. The topological polar surface area (TPSA) is 73.6 Å². The van der Waals surface area contributed by atoms with Gasteiger partial charge in [-0.3, -0.25) is 4.79 Å². The molecule has 3 N–H and O–H groups in total. The molecule has 5 heteroatoms. The van der Waals surface area contributed by atoms with Crippen LogP contribution in [-0.4, -0.2) is 31.8 Å². The van der Waals surface area contributed by atoms with E-state index in [4.69, 9.17) is 15.2 Å². The van der Waals surface area contributed by atoms with Gasteiger partial charge in [0.15, 0.2) is 0 Å². The minimum Gasteiger partial charge on any atom is -0.497 e. The molecule has 0 bridgehead atoms. The van der Waals surface area contributed by atoms with Gasteiger partial charge in [0.1, 0.15) is 12.4 Å². The summed E-state index contributed by atoms with van der Waals surface area (Å²) in [4.78, 5) is 11.7. The summed E-state index contributed by atoms with van der Waals surface area (Å²) >= 11 is 0. The third-order valence-electron chi connectivity index (χ3n) is 3.11. The van der Waals surface area contributed by atoms with Crippen LogP contribution in [0.2, 0.25) is 0 Å². The number of hydrogen-bond donors (Lipinski definition) is 2. The molecular formula is C14H22N2O3. The predicted molar refractivity (Wildman–Crippen MR) is 75.3 cm³/mol. The van der Waals surface area contributed by atoms with Gasteiger partial charge in [0.05, 0.1) is 12.7 Å². The van der Waals surface area contributed by atoms with E-state index < -0.39 is 5.60 Å². The maximum atomic E-state index is 11.7. The van der Waals surface area contributed by atoms with Crippen LogP contribution in [0.3, 0.4) is 0 Å². The van der Waals surface area contributed by atoms with Crippen molar-refractivity contribution in [3.05, 3.63) is 24.3 Å². The normalized spacial score (nSPS) is 13.7. The van der Waals surface area contributed by atoms with Crippen LogP contribution in [-0.2, 0) is 9.53 Å². The molecule has 0 saturated carbocycles. The Morgan fingerprint density at radius 1 is 1.37 bits per heavy atom. The Labute approximate surface area is 114 Å². The van der Waals surface area contributed by atoms with Gasteiger partial charge in [0.25, 0.3) is 0 Å². The zero-order valence-corrected chi connectivity index (χ0v) is 11.7. The Morgan fingerprint density at radius 2 is 2.00 bits per heavy atom. The third kappa shape index (κ3) is 4.89. The summed E-state index contributed by atoms with van der Waals surface area (Å²) in [7, 11) is 1.60. The third-order valence-corrected chi connectivity index (χ3v) is 3.11. The fourth-order valence-electron chi connectivity index (χ4n) is 1.42. The minimum atomic E-state index is -0.447. The summed E-state index contributed by atoms with van der Waals surface area (Å²) in [5.41, 5.74) is 5.88. The molecule has 0 aromatic heterocycles. The number of methoxy groups -OCH3 is 1. The molecule has 0 saturated heterocycles. The SMILES string of the molecule is CCC(C)(CN)OCC(=O)Nc1ccc(OC)cc1. The number of benzene rings is 1. The molecule has 0 radical (unpaired) electrons. The van der Waals surface area contributed by atoms with Crippen molar-refractivity contribution >= 4 is 11.6 Å². The smallest absolute Gasteiger partial charge is 0.250 e. The first-order chi connectivity index (χ1) is 9.03. The van der Waals surface area contributed by atoms with Gasteiger partial charge in [-0.15, -0.1) is 0 Å². The largest absolute Gasteiger partial charge is 0.497 e. The lowest BCUT2D eigenvalue weighted by atomic mass is 10.0. The molecule has 0 heterocycles. The molecule has 1 atom stereocenters. The van der Waals surface area contributed by atoms with E-state index >= 15 is 0 Å². The lowest BCUT2D eigenvalue weighted by Crippen LogP contribution is -2.39. The first-order valence-electron chi connectivity index (χ1n) is 6.31. The van der Waals surface area contributed by atoms with Gasteiger partial charge in [-0.2, -0.15) is 0 Å². The van der Waals surface area contributed by atoms with Crippen LogP contribution in [0.25, 0.3) is 0 Å². The van der Waals surface area contributed by atoms with Crippen LogP contribution in [0.1, 0.15) is 20.3 Å². The number of ether oxygens (including phenoxy) is 2. The highest BCUT2D eigenvalue weighted by Gasteiger charge is 2.21. The molecule has 1 aromatic carbocycles. The number of amides is 1. The van der Waals surface area contributed by atoms with Gasteiger partial charge in [-0.25, -0.2) is 0 Å². The highest BCUT2D eigenvalue weighted by molar-refractivity contribution is 5.91. The zero-order chi connectivity index (χ0) is 14.3. The van der Waals surface area contributed by atoms with Crippen molar-refractivity contribution in [3.63, 3.8) is 0 Å². The van der Waals surface area contributed by atoms with Crippen LogP contribution in [0.4, 0.5) is 5.69 Å². The zero-order valence-electron chi connectivity index (χ0n) is 11.7. The van der Waals surface area contributed by atoms with Crippen LogP contribution in [0, 0.1) is 0 Å². The number of anilines is 1. The van der Waals surface area contributed by atoms with Crippen LogP contribution in [0.15, 0.2) is 24.3 Å². The van der Waals surface area contributed by atoms with Gasteiger partial charge in [-0.05, 0) is 37.6 Å². The molecule has 0 aliphatic heterocycles. The molecule has 1 unspecified atom stereocenters. The average molecular weight is 266 g/mol. The number of carbonyl (C=O) groups is 1. The molecule has 1 amide bonds. The van der Waals surface area contributed by atoms with Crippen molar-refractivity contribution in [1.82, 2.24) is 0 Å². The summed E-state index contributed by atoms with van der Waals surface area (Å²) in [5, 5.41) is 2.75. The standard InChI is InChI=1S/C14H22N2O3/c1-4-14(2,10-15)19-9-13(17)16-11-5-7-12(18-3)8-6-11/h5-8H,4,9-10,15H2,1-3H3,(H,16,17). The van der Waals surface area contributed by atoms with Crippen molar-refractivity contribution in [2.75, 3.05) is 25.6 Å². The fourth-order valence-corrected chi connectivity index (χ4v) is 1.42. The van der Waals surface area contributed by atoms with Crippen molar-refractivity contribution in [2.24, 2.45) is 5.73 Å².